The lowest BCUT2D eigenvalue weighted by Crippen LogP contribution is -2.08. The number of aromatic nitrogens is 2. The molecule has 0 aliphatic rings. The Hall–Kier alpha value is -0.790. The first kappa shape index (κ1) is 12.3. The van der Waals surface area contributed by atoms with E-state index in [2.05, 4.69) is 43.4 Å². The molecule has 1 heterocycles. The fourth-order valence-electron chi connectivity index (χ4n) is 1.91. The number of hydrogen-bond donors (Lipinski definition) is 0. The Kier molecular flexibility index (Phi) is 4.86. The molecule has 0 fully saturated rings. The van der Waals surface area contributed by atoms with Crippen molar-refractivity contribution in [1.82, 2.24) is 9.55 Å². The van der Waals surface area contributed by atoms with E-state index in [1.165, 1.54) is 25.0 Å². The quantitative estimate of drug-likeness (QED) is 0.694. The monoisotopic (exact) mass is 208 g/mol. The summed E-state index contributed by atoms with van der Waals surface area (Å²) in [5.74, 6) is 1.35. The zero-order chi connectivity index (χ0) is 11.3. The molecule has 0 aromatic carbocycles. The Morgan fingerprint density at radius 2 is 2.07 bits per heavy atom. The zero-order valence-corrected chi connectivity index (χ0v) is 10.5. The van der Waals surface area contributed by atoms with Crippen LogP contribution in [0.15, 0.2) is 12.5 Å². The molecule has 0 amide bonds. The van der Waals surface area contributed by atoms with Gasteiger partial charge in [-0.15, -0.1) is 0 Å². The summed E-state index contributed by atoms with van der Waals surface area (Å²) in [6.45, 7) is 10.0. The summed E-state index contributed by atoms with van der Waals surface area (Å²) in [4.78, 5) is 4.43. The van der Waals surface area contributed by atoms with Gasteiger partial charge in [0.25, 0.3) is 0 Å². The van der Waals surface area contributed by atoms with Gasteiger partial charge in [-0.1, -0.05) is 40.5 Å². The van der Waals surface area contributed by atoms with E-state index in [1.807, 2.05) is 6.33 Å². The molecule has 0 aliphatic carbocycles. The Labute approximate surface area is 93.7 Å². The lowest BCUT2D eigenvalue weighted by molar-refractivity contribution is 0.399. The second-order valence-electron chi connectivity index (χ2n) is 4.71. The van der Waals surface area contributed by atoms with Crippen molar-refractivity contribution in [2.75, 3.05) is 0 Å². The van der Waals surface area contributed by atoms with Gasteiger partial charge in [0.1, 0.15) is 0 Å². The molecule has 0 radical (unpaired) electrons. The summed E-state index contributed by atoms with van der Waals surface area (Å²) in [5, 5.41) is 0. The maximum Gasteiger partial charge on any atom is 0.0949 e. The Morgan fingerprint density at radius 3 is 2.53 bits per heavy atom. The molecule has 1 rings (SSSR count). The van der Waals surface area contributed by atoms with Crippen LogP contribution in [0.4, 0.5) is 0 Å². The van der Waals surface area contributed by atoms with E-state index in [4.69, 9.17) is 0 Å². The van der Waals surface area contributed by atoms with Crippen LogP contribution in [0.5, 0.6) is 0 Å². The molecule has 0 saturated carbocycles. The summed E-state index contributed by atoms with van der Waals surface area (Å²) in [6, 6.07) is 0. The smallest absolute Gasteiger partial charge is 0.0949 e. The van der Waals surface area contributed by atoms with Gasteiger partial charge in [-0.05, 0) is 18.3 Å². The van der Waals surface area contributed by atoms with Crippen LogP contribution < -0.4 is 0 Å². The van der Waals surface area contributed by atoms with E-state index in [1.54, 1.807) is 0 Å². The van der Waals surface area contributed by atoms with Gasteiger partial charge in [0.2, 0.25) is 0 Å². The highest BCUT2D eigenvalue weighted by Crippen LogP contribution is 2.16. The van der Waals surface area contributed by atoms with Gasteiger partial charge in [0, 0.05) is 12.7 Å². The van der Waals surface area contributed by atoms with Crippen molar-refractivity contribution < 1.29 is 0 Å². The van der Waals surface area contributed by atoms with Gasteiger partial charge in [-0.2, -0.15) is 0 Å². The topological polar surface area (TPSA) is 17.8 Å². The number of imidazole rings is 1. The molecular weight excluding hydrogens is 184 g/mol. The minimum Gasteiger partial charge on any atom is -0.337 e. The molecule has 0 spiro atoms. The van der Waals surface area contributed by atoms with E-state index in [0.29, 0.717) is 5.92 Å². The number of rotatable bonds is 6. The maximum absolute atomic E-state index is 4.43. The molecule has 1 aromatic heterocycles. The van der Waals surface area contributed by atoms with E-state index in [9.17, 15) is 0 Å². The van der Waals surface area contributed by atoms with E-state index < -0.39 is 0 Å². The van der Waals surface area contributed by atoms with Crippen LogP contribution in [-0.2, 0) is 6.54 Å². The van der Waals surface area contributed by atoms with Crippen LogP contribution in [0.25, 0.3) is 0 Å². The van der Waals surface area contributed by atoms with Crippen LogP contribution >= 0.6 is 0 Å². The van der Waals surface area contributed by atoms with Crippen LogP contribution in [0.2, 0.25) is 0 Å². The molecule has 15 heavy (non-hydrogen) atoms. The van der Waals surface area contributed by atoms with Crippen LogP contribution in [0, 0.1) is 5.92 Å². The predicted octanol–water partition coefficient (Wildman–Crippen LogP) is 3.83. The van der Waals surface area contributed by atoms with E-state index in [0.717, 1.165) is 12.5 Å². The number of nitrogens with zero attached hydrogens (tertiary/aromatic N) is 2. The summed E-state index contributed by atoms with van der Waals surface area (Å²) in [6.07, 6.45) is 8.05. The SMILES string of the molecule is CCCC(CC)Cn1cnc(C(C)C)c1. The standard InChI is InChI=1S/C13H24N2/c1-5-7-12(6-2)8-15-9-13(11(3)4)14-10-15/h9-12H,5-8H2,1-4H3. The Morgan fingerprint density at radius 1 is 1.33 bits per heavy atom. The first-order valence-electron chi connectivity index (χ1n) is 6.19. The molecule has 86 valence electrons. The average molecular weight is 208 g/mol. The summed E-state index contributed by atoms with van der Waals surface area (Å²) < 4.78 is 2.25. The maximum atomic E-state index is 4.43. The lowest BCUT2D eigenvalue weighted by Gasteiger charge is -2.13. The van der Waals surface area contributed by atoms with Crippen LogP contribution in [0.3, 0.4) is 0 Å². The first-order valence-corrected chi connectivity index (χ1v) is 6.19. The highest BCUT2D eigenvalue weighted by atomic mass is 15.0. The predicted molar refractivity (Wildman–Crippen MR) is 65.0 cm³/mol. The van der Waals surface area contributed by atoms with Gasteiger partial charge >= 0.3 is 0 Å². The zero-order valence-electron chi connectivity index (χ0n) is 10.5. The van der Waals surface area contributed by atoms with E-state index in [-0.39, 0.29) is 0 Å². The lowest BCUT2D eigenvalue weighted by atomic mass is 10.0. The van der Waals surface area contributed by atoms with Crippen molar-refractivity contribution in [2.24, 2.45) is 5.92 Å². The number of hydrogen-bond acceptors (Lipinski definition) is 1. The van der Waals surface area contributed by atoms with Crippen molar-refractivity contribution in [1.29, 1.82) is 0 Å². The van der Waals surface area contributed by atoms with Gasteiger partial charge in [-0.25, -0.2) is 4.98 Å². The minimum atomic E-state index is 0.539. The summed E-state index contributed by atoms with van der Waals surface area (Å²) in [5.41, 5.74) is 1.21. The summed E-state index contributed by atoms with van der Waals surface area (Å²) >= 11 is 0. The van der Waals surface area contributed by atoms with Crippen molar-refractivity contribution in [3.63, 3.8) is 0 Å². The van der Waals surface area contributed by atoms with Crippen molar-refractivity contribution >= 4 is 0 Å². The second kappa shape index (κ2) is 5.94. The van der Waals surface area contributed by atoms with E-state index >= 15 is 0 Å². The molecular formula is C13H24N2. The van der Waals surface area contributed by atoms with Crippen LogP contribution in [0.1, 0.15) is 58.6 Å². The Bertz CT molecular complexity index is 276. The molecule has 1 atom stereocenters. The second-order valence-corrected chi connectivity index (χ2v) is 4.71. The van der Waals surface area contributed by atoms with Gasteiger partial charge in [-0.3, -0.25) is 0 Å². The fraction of sp³-hybridized carbons (Fsp3) is 0.769. The third-order valence-corrected chi connectivity index (χ3v) is 2.99. The molecule has 0 aliphatic heterocycles. The highest BCUT2D eigenvalue weighted by Gasteiger charge is 2.08. The van der Waals surface area contributed by atoms with Crippen molar-refractivity contribution in [3.8, 4) is 0 Å². The third kappa shape index (κ3) is 3.69. The molecule has 2 heteroatoms. The van der Waals surface area contributed by atoms with Crippen molar-refractivity contribution in [2.45, 2.75) is 59.4 Å². The molecule has 1 unspecified atom stereocenters. The summed E-state index contributed by atoms with van der Waals surface area (Å²) in [7, 11) is 0. The van der Waals surface area contributed by atoms with Gasteiger partial charge < -0.3 is 4.57 Å². The van der Waals surface area contributed by atoms with Gasteiger partial charge in [0.15, 0.2) is 0 Å². The van der Waals surface area contributed by atoms with Crippen molar-refractivity contribution in [3.05, 3.63) is 18.2 Å². The highest BCUT2D eigenvalue weighted by molar-refractivity contribution is 5.01. The molecule has 0 bridgehead atoms. The molecule has 1 aromatic rings. The van der Waals surface area contributed by atoms with Crippen LogP contribution in [-0.4, -0.2) is 9.55 Å². The largest absolute Gasteiger partial charge is 0.337 e. The Balaban J connectivity index is 2.55. The normalized spacial score (nSPS) is 13.4. The first-order chi connectivity index (χ1) is 7.17. The van der Waals surface area contributed by atoms with Gasteiger partial charge in [0.05, 0.1) is 12.0 Å². The third-order valence-electron chi connectivity index (χ3n) is 2.99. The minimum absolute atomic E-state index is 0.539. The molecule has 0 N–H and O–H groups in total. The fourth-order valence-corrected chi connectivity index (χ4v) is 1.91. The molecule has 0 saturated heterocycles. The average Bonchev–Trinajstić information content (AvgIpc) is 2.65. The molecule has 2 nitrogen and oxygen atoms in total.